The molecule has 3 N–H and O–H groups in total. The molecule has 0 bridgehead atoms. The molecule has 1 amide bonds. The van der Waals surface area contributed by atoms with Crippen molar-refractivity contribution in [1.29, 1.82) is 0 Å². The molecule has 3 unspecified atom stereocenters. The normalized spacial score (nSPS) is 24.1. The van der Waals surface area contributed by atoms with Crippen LogP contribution in [0.5, 0.6) is 0 Å². The lowest BCUT2D eigenvalue weighted by Crippen LogP contribution is -2.46. The average Bonchev–Trinajstić information content (AvgIpc) is 2.45. The number of rotatable bonds is 5. The maximum Gasteiger partial charge on any atom is 0.269 e. The Morgan fingerprint density at radius 2 is 2.10 bits per heavy atom. The van der Waals surface area contributed by atoms with Crippen LogP contribution in [0.1, 0.15) is 27.2 Å². The van der Waals surface area contributed by atoms with Crippen LogP contribution in [-0.4, -0.2) is 40.0 Å². The predicted octanol–water partition coefficient (Wildman–Crippen LogP) is 1.66. The van der Waals surface area contributed by atoms with Gasteiger partial charge in [-0.25, -0.2) is 4.99 Å². The molecule has 0 radical (unpaired) electrons. The number of aliphatic imine (C=N–C) groups is 1. The predicted molar refractivity (Wildman–Crippen MR) is 82.2 cm³/mol. The second-order valence-electron chi connectivity index (χ2n) is 5.67. The molecule has 0 aromatic heterocycles. The fraction of sp³-hybridized carbons (Fsp3) is 0.500. The van der Waals surface area contributed by atoms with E-state index in [9.17, 15) is 15.0 Å². The van der Waals surface area contributed by atoms with Crippen molar-refractivity contribution in [1.82, 2.24) is 5.32 Å². The molecule has 114 valence electrons. The van der Waals surface area contributed by atoms with E-state index in [1.165, 1.54) is 12.2 Å². The first-order chi connectivity index (χ1) is 9.93. The molecule has 0 aromatic carbocycles. The van der Waals surface area contributed by atoms with Gasteiger partial charge >= 0.3 is 0 Å². The topological polar surface area (TPSA) is 81.9 Å². The van der Waals surface area contributed by atoms with Crippen molar-refractivity contribution in [2.75, 3.05) is 0 Å². The molecule has 1 heterocycles. The largest absolute Gasteiger partial charge is 0.506 e. The van der Waals surface area contributed by atoms with Crippen LogP contribution in [0.2, 0.25) is 0 Å². The van der Waals surface area contributed by atoms with Gasteiger partial charge in [-0.1, -0.05) is 32.9 Å². The molecule has 0 spiro atoms. The molecule has 5 nitrogen and oxygen atoms in total. The third-order valence-corrected chi connectivity index (χ3v) is 3.72. The van der Waals surface area contributed by atoms with Crippen molar-refractivity contribution in [2.24, 2.45) is 10.9 Å². The van der Waals surface area contributed by atoms with Crippen LogP contribution in [0.15, 0.2) is 40.6 Å². The SMILES string of the molecule is CCC(NC(C)C)C(O)C1=CC=C(O)C2=NC(=O)C=CC12. The maximum absolute atomic E-state index is 11.4. The van der Waals surface area contributed by atoms with E-state index in [4.69, 9.17) is 0 Å². The molecule has 1 aliphatic carbocycles. The molecule has 2 rings (SSSR count). The average molecular weight is 290 g/mol. The first-order valence-electron chi connectivity index (χ1n) is 7.30. The molecule has 21 heavy (non-hydrogen) atoms. The van der Waals surface area contributed by atoms with Gasteiger partial charge in [-0.15, -0.1) is 0 Å². The van der Waals surface area contributed by atoms with E-state index in [0.29, 0.717) is 5.71 Å². The molecule has 0 aromatic rings. The van der Waals surface area contributed by atoms with Crippen LogP contribution in [0.4, 0.5) is 0 Å². The van der Waals surface area contributed by atoms with E-state index in [2.05, 4.69) is 10.3 Å². The Morgan fingerprint density at radius 1 is 1.38 bits per heavy atom. The zero-order valence-corrected chi connectivity index (χ0v) is 12.6. The van der Waals surface area contributed by atoms with Crippen LogP contribution in [0.25, 0.3) is 0 Å². The monoisotopic (exact) mass is 290 g/mol. The Labute approximate surface area is 124 Å². The Morgan fingerprint density at radius 3 is 2.71 bits per heavy atom. The molecule has 3 atom stereocenters. The van der Waals surface area contributed by atoms with Crippen molar-refractivity contribution in [3.63, 3.8) is 0 Å². The summed E-state index contributed by atoms with van der Waals surface area (Å²) >= 11 is 0. The number of dihydropyridines is 1. The Kier molecular flexibility index (Phi) is 4.75. The highest BCUT2D eigenvalue weighted by atomic mass is 16.3. The van der Waals surface area contributed by atoms with Gasteiger partial charge in [0.2, 0.25) is 0 Å². The van der Waals surface area contributed by atoms with Crippen molar-refractivity contribution in [2.45, 2.75) is 45.4 Å². The molecular formula is C16H22N2O3. The van der Waals surface area contributed by atoms with Gasteiger partial charge in [0, 0.05) is 24.1 Å². The smallest absolute Gasteiger partial charge is 0.269 e. The number of aliphatic hydroxyl groups excluding tert-OH is 2. The molecular weight excluding hydrogens is 268 g/mol. The van der Waals surface area contributed by atoms with Gasteiger partial charge in [0.05, 0.1) is 11.8 Å². The molecule has 0 fully saturated rings. The van der Waals surface area contributed by atoms with Crippen LogP contribution in [0, 0.1) is 5.92 Å². The summed E-state index contributed by atoms with van der Waals surface area (Å²) in [6.45, 7) is 6.07. The van der Waals surface area contributed by atoms with Gasteiger partial charge in [-0.05, 0) is 18.1 Å². The number of aliphatic hydroxyl groups is 2. The summed E-state index contributed by atoms with van der Waals surface area (Å²) in [5, 5.41) is 23.9. The summed E-state index contributed by atoms with van der Waals surface area (Å²) in [5.41, 5.74) is 1.06. The standard InChI is InChI=1S/C16H22N2O3/c1-4-12(17-9(2)3)16(21)11-5-7-13(19)15-10(11)6-8-14(20)18-15/h5-10,12,16-17,19,21H,4H2,1-3H3. The van der Waals surface area contributed by atoms with Crippen molar-refractivity contribution in [3.05, 3.63) is 35.6 Å². The minimum absolute atomic E-state index is 0.0153. The van der Waals surface area contributed by atoms with Gasteiger partial charge in [0.1, 0.15) is 5.76 Å². The van der Waals surface area contributed by atoms with Crippen molar-refractivity contribution >= 4 is 11.6 Å². The number of nitrogens with one attached hydrogen (secondary N) is 1. The molecule has 0 saturated heterocycles. The van der Waals surface area contributed by atoms with Crippen LogP contribution < -0.4 is 5.32 Å². The summed E-state index contributed by atoms with van der Waals surface area (Å²) in [6.07, 6.45) is 6.34. The van der Waals surface area contributed by atoms with Crippen molar-refractivity contribution < 1.29 is 15.0 Å². The second-order valence-corrected chi connectivity index (χ2v) is 5.67. The van der Waals surface area contributed by atoms with E-state index in [0.717, 1.165) is 12.0 Å². The van der Waals surface area contributed by atoms with Gasteiger partial charge < -0.3 is 15.5 Å². The summed E-state index contributed by atoms with van der Waals surface area (Å²) in [5.74, 6) is -0.742. The highest BCUT2D eigenvalue weighted by Gasteiger charge is 2.33. The summed E-state index contributed by atoms with van der Waals surface area (Å²) in [7, 11) is 0. The number of fused-ring (bicyclic) bond motifs is 1. The Hall–Kier alpha value is -1.72. The van der Waals surface area contributed by atoms with Gasteiger partial charge in [-0.2, -0.15) is 0 Å². The van der Waals surface area contributed by atoms with Crippen LogP contribution in [0.3, 0.4) is 0 Å². The van der Waals surface area contributed by atoms with E-state index >= 15 is 0 Å². The van der Waals surface area contributed by atoms with Gasteiger partial charge in [-0.3, -0.25) is 4.79 Å². The maximum atomic E-state index is 11.4. The van der Waals surface area contributed by atoms with E-state index < -0.39 is 6.10 Å². The number of carbonyl (C=O) groups is 1. The van der Waals surface area contributed by atoms with E-state index in [1.54, 1.807) is 12.2 Å². The lowest BCUT2D eigenvalue weighted by molar-refractivity contribution is -0.113. The fourth-order valence-corrected chi connectivity index (χ4v) is 2.72. The number of allylic oxidation sites excluding steroid dienone is 4. The molecule has 5 heteroatoms. The number of nitrogens with zero attached hydrogens (tertiary/aromatic N) is 1. The first-order valence-corrected chi connectivity index (χ1v) is 7.30. The fourth-order valence-electron chi connectivity index (χ4n) is 2.72. The quantitative estimate of drug-likeness (QED) is 0.719. The number of hydrogen-bond acceptors (Lipinski definition) is 4. The first kappa shape index (κ1) is 15.7. The number of hydrogen-bond donors (Lipinski definition) is 3. The lowest BCUT2D eigenvalue weighted by atomic mass is 9.81. The van der Waals surface area contributed by atoms with Crippen LogP contribution >= 0.6 is 0 Å². The third-order valence-electron chi connectivity index (χ3n) is 3.72. The minimum Gasteiger partial charge on any atom is -0.506 e. The Balaban J connectivity index is 2.28. The van der Waals surface area contributed by atoms with Gasteiger partial charge in [0.25, 0.3) is 5.91 Å². The zero-order chi connectivity index (χ0) is 15.6. The van der Waals surface area contributed by atoms with Crippen molar-refractivity contribution in [3.8, 4) is 0 Å². The van der Waals surface area contributed by atoms with E-state index in [1.807, 2.05) is 20.8 Å². The minimum atomic E-state index is -0.699. The number of amides is 1. The summed E-state index contributed by atoms with van der Waals surface area (Å²) in [4.78, 5) is 15.2. The number of carbonyl (C=O) groups excluding carboxylic acids is 1. The molecule has 2 aliphatic rings. The molecule has 1 aliphatic heterocycles. The zero-order valence-electron chi connectivity index (χ0n) is 12.6. The van der Waals surface area contributed by atoms with Crippen LogP contribution in [-0.2, 0) is 4.79 Å². The van der Waals surface area contributed by atoms with E-state index in [-0.39, 0.29) is 29.7 Å². The molecule has 0 saturated carbocycles. The second kappa shape index (κ2) is 6.37. The lowest BCUT2D eigenvalue weighted by Gasteiger charge is -2.32. The summed E-state index contributed by atoms with van der Waals surface area (Å²) < 4.78 is 0. The third kappa shape index (κ3) is 3.31. The highest BCUT2D eigenvalue weighted by molar-refractivity contribution is 6.13. The summed E-state index contributed by atoms with van der Waals surface area (Å²) in [6, 6.07) is 0.173. The highest BCUT2D eigenvalue weighted by Crippen LogP contribution is 2.30. The van der Waals surface area contributed by atoms with Gasteiger partial charge in [0.15, 0.2) is 0 Å². The Bertz CT molecular complexity index is 544.